The number of hydrogen-bond donors (Lipinski definition) is 1. The zero-order valence-corrected chi connectivity index (χ0v) is 20.2. The van der Waals surface area contributed by atoms with Gasteiger partial charge in [0.05, 0.1) is 24.4 Å². The zero-order valence-electron chi connectivity index (χ0n) is 20.2. The maximum Gasteiger partial charge on any atom is 0.254 e. The Morgan fingerprint density at radius 3 is 2.70 bits per heavy atom. The van der Waals surface area contributed by atoms with Gasteiger partial charge in [0.25, 0.3) is 5.91 Å². The molecule has 1 N–H and O–H groups in total. The first-order valence-electron chi connectivity index (χ1n) is 11.9. The fourth-order valence-corrected chi connectivity index (χ4v) is 4.95. The lowest BCUT2D eigenvalue weighted by Crippen LogP contribution is -2.33. The van der Waals surface area contributed by atoms with Crippen molar-refractivity contribution in [1.29, 1.82) is 0 Å². The van der Waals surface area contributed by atoms with Gasteiger partial charge in [0.2, 0.25) is 0 Å². The molecule has 7 heteroatoms. The molecular formula is C26H35N5O2. The van der Waals surface area contributed by atoms with Crippen molar-refractivity contribution >= 4 is 16.8 Å². The Morgan fingerprint density at radius 2 is 1.97 bits per heavy atom. The molecule has 1 aliphatic rings. The SMILES string of the molecule is CCOc1cc(C(=O)N(C)[C@H](CCN(C)C)c2cncc3cn[nH]c23)ccc1C1CCCC1. The standard InChI is InChI=1S/C26H35N5O2/c1-5-33-24-14-19(10-11-21(24)18-8-6-7-9-18)26(32)31(4)23(12-13-30(2)3)22-17-27-15-20-16-28-29-25(20)22/h10-11,14-18,23H,5-9,12-13H2,1-4H3,(H,28,29)/t23-/m1/s1. The molecule has 2 heterocycles. The molecule has 3 aromatic rings. The molecule has 1 aliphatic carbocycles. The smallest absolute Gasteiger partial charge is 0.254 e. The van der Waals surface area contributed by atoms with Crippen LogP contribution in [0.1, 0.15) is 72.5 Å². The molecule has 2 aromatic heterocycles. The predicted molar refractivity (Wildman–Crippen MR) is 131 cm³/mol. The number of ether oxygens (including phenoxy) is 1. The highest BCUT2D eigenvalue weighted by molar-refractivity contribution is 5.95. The first kappa shape index (κ1) is 23.2. The Bertz CT molecular complexity index is 1090. The second-order valence-corrected chi connectivity index (χ2v) is 9.25. The maximum atomic E-state index is 13.7. The summed E-state index contributed by atoms with van der Waals surface area (Å²) in [7, 11) is 5.97. The van der Waals surface area contributed by atoms with E-state index in [0.29, 0.717) is 18.1 Å². The summed E-state index contributed by atoms with van der Waals surface area (Å²) in [6.45, 7) is 3.43. The van der Waals surface area contributed by atoms with Crippen LogP contribution in [0.25, 0.3) is 10.9 Å². The minimum atomic E-state index is -0.137. The lowest BCUT2D eigenvalue weighted by atomic mass is 9.95. The highest BCUT2D eigenvalue weighted by atomic mass is 16.5. The quantitative estimate of drug-likeness (QED) is 0.509. The zero-order chi connectivity index (χ0) is 23.4. The van der Waals surface area contributed by atoms with Gasteiger partial charge in [-0.3, -0.25) is 14.9 Å². The van der Waals surface area contributed by atoms with Gasteiger partial charge in [0.15, 0.2) is 0 Å². The van der Waals surface area contributed by atoms with E-state index < -0.39 is 0 Å². The molecule has 1 saturated carbocycles. The molecule has 0 spiro atoms. The van der Waals surface area contributed by atoms with Gasteiger partial charge in [-0.1, -0.05) is 18.9 Å². The van der Waals surface area contributed by atoms with Gasteiger partial charge >= 0.3 is 0 Å². The van der Waals surface area contributed by atoms with E-state index in [2.05, 4.69) is 26.1 Å². The summed E-state index contributed by atoms with van der Waals surface area (Å²) in [5.41, 5.74) is 3.81. The molecule has 1 aromatic carbocycles. The van der Waals surface area contributed by atoms with E-state index in [1.807, 2.05) is 51.3 Å². The fourth-order valence-electron chi connectivity index (χ4n) is 4.95. The van der Waals surface area contributed by atoms with E-state index in [4.69, 9.17) is 4.74 Å². The van der Waals surface area contributed by atoms with Gasteiger partial charge in [-0.2, -0.15) is 5.10 Å². The van der Waals surface area contributed by atoms with Crippen LogP contribution >= 0.6 is 0 Å². The molecule has 176 valence electrons. The van der Waals surface area contributed by atoms with Crippen molar-refractivity contribution in [3.8, 4) is 5.75 Å². The second-order valence-electron chi connectivity index (χ2n) is 9.25. The van der Waals surface area contributed by atoms with Crippen molar-refractivity contribution < 1.29 is 9.53 Å². The summed E-state index contributed by atoms with van der Waals surface area (Å²) in [5.74, 6) is 1.37. The maximum absolute atomic E-state index is 13.7. The lowest BCUT2D eigenvalue weighted by Gasteiger charge is -2.30. The number of pyridine rings is 1. The summed E-state index contributed by atoms with van der Waals surface area (Å²) in [4.78, 5) is 22.1. The molecule has 0 saturated heterocycles. The normalized spacial score (nSPS) is 15.3. The molecule has 1 amide bonds. The summed E-state index contributed by atoms with van der Waals surface area (Å²) in [6.07, 6.45) is 11.1. The molecule has 33 heavy (non-hydrogen) atoms. The molecular weight excluding hydrogens is 414 g/mol. The number of rotatable bonds is 9. The van der Waals surface area contributed by atoms with Crippen LogP contribution in [0.2, 0.25) is 0 Å². The van der Waals surface area contributed by atoms with Gasteiger partial charge in [-0.15, -0.1) is 0 Å². The van der Waals surface area contributed by atoms with Gasteiger partial charge in [0, 0.05) is 36.0 Å². The number of hydrogen-bond acceptors (Lipinski definition) is 5. The number of carbonyl (C=O) groups excluding carboxylic acids is 1. The summed E-state index contributed by atoms with van der Waals surface area (Å²) in [5, 5.41) is 8.23. The summed E-state index contributed by atoms with van der Waals surface area (Å²) >= 11 is 0. The van der Waals surface area contributed by atoms with Gasteiger partial charge in [-0.05, 0) is 70.4 Å². The number of fused-ring (bicyclic) bond motifs is 1. The minimum Gasteiger partial charge on any atom is -0.494 e. The number of H-pyrrole nitrogens is 1. The van der Waals surface area contributed by atoms with Crippen LogP contribution in [0.3, 0.4) is 0 Å². The van der Waals surface area contributed by atoms with Crippen molar-refractivity contribution in [3.63, 3.8) is 0 Å². The van der Waals surface area contributed by atoms with Crippen LogP contribution in [0.4, 0.5) is 0 Å². The fraction of sp³-hybridized carbons (Fsp3) is 0.500. The largest absolute Gasteiger partial charge is 0.494 e. The highest BCUT2D eigenvalue weighted by Crippen LogP contribution is 2.39. The van der Waals surface area contributed by atoms with Crippen LogP contribution in [0.5, 0.6) is 5.75 Å². The number of aromatic amines is 1. The first-order valence-corrected chi connectivity index (χ1v) is 11.9. The Kier molecular flexibility index (Phi) is 7.28. The Labute approximate surface area is 196 Å². The Balaban J connectivity index is 1.65. The third-order valence-corrected chi connectivity index (χ3v) is 6.74. The third-order valence-electron chi connectivity index (χ3n) is 6.74. The molecule has 1 atom stereocenters. The molecule has 1 fully saturated rings. The Morgan fingerprint density at radius 1 is 1.18 bits per heavy atom. The van der Waals surface area contributed by atoms with Crippen molar-refractivity contribution in [3.05, 3.63) is 53.5 Å². The Hall–Kier alpha value is -2.93. The monoisotopic (exact) mass is 449 g/mol. The third kappa shape index (κ3) is 5.03. The van der Waals surface area contributed by atoms with Crippen LogP contribution in [-0.2, 0) is 0 Å². The number of aromatic nitrogens is 3. The molecule has 4 rings (SSSR count). The number of carbonyl (C=O) groups is 1. The molecule has 7 nitrogen and oxygen atoms in total. The van der Waals surface area contributed by atoms with Crippen molar-refractivity contribution in [1.82, 2.24) is 25.0 Å². The van der Waals surface area contributed by atoms with E-state index >= 15 is 0 Å². The number of amides is 1. The second kappa shape index (κ2) is 10.3. The van der Waals surface area contributed by atoms with E-state index in [-0.39, 0.29) is 11.9 Å². The minimum absolute atomic E-state index is 0.0193. The molecule has 0 bridgehead atoms. The van der Waals surface area contributed by atoms with Crippen molar-refractivity contribution in [2.75, 3.05) is 34.3 Å². The molecule has 0 aliphatic heterocycles. The number of nitrogens with one attached hydrogen (secondary N) is 1. The number of benzene rings is 1. The van der Waals surface area contributed by atoms with Gasteiger partial charge in [0.1, 0.15) is 5.75 Å². The lowest BCUT2D eigenvalue weighted by molar-refractivity contribution is 0.0716. The number of nitrogens with zero attached hydrogens (tertiary/aromatic N) is 4. The topological polar surface area (TPSA) is 74.3 Å². The van der Waals surface area contributed by atoms with Crippen molar-refractivity contribution in [2.45, 2.75) is 51.0 Å². The average Bonchev–Trinajstić information content (AvgIpc) is 3.51. The van der Waals surface area contributed by atoms with E-state index in [0.717, 1.165) is 35.2 Å². The van der Waals surface area contributed by atoms with E-state index in [1.165, 1.54) is 31.2 Å². The van der Waals surface area contributed by atoms with Gasteiger partial charge in [-0.25, -0.2) is 0 Å². The average molecular weight is 450 g/mol. The predicted octanol–water partition coefficient (Wildman–Crippen LogP) is 4.78. The van der Waals surface area contributed by atoms with E-state index in [1.54, 1.807) is 12.4 Å². The summed E-state index contributed by atoms with van der Waals surface area (Å²) < 4.78 is 5.99. The van der Waals surface area contributed by atoms with E-state index in [9.17, 15) is 4.79 Å². The van der Waals surface area contributed by atoms with Crippen LogP contribution in [0.15, 0.2) is 36.8 Å². The molecule has 0 radical (unpaired) electrons. The molecule has 0 unspecified atom stereocenters. The van der Waals surface area contributed by atoms with Crippen LogP contribution in [0, 0.1) is 0 Å². The first-order chi connectivity index (χ1) is 16.0. The highest BCUT2D eigenvalue weighted by Gasteiger charge is 2.27. The van der Waals surface area contributed by atoms with Gasteiger partial charge < -0.3 is 14.5 Å². The summed E-state index contributed by atoms with van der Waals surface area (Å²) in [6, 6.07) is 5.87. The van der Waals surface area contributed by atoms with Crippen LogP contribution in [-0.4, -0.2) is 65.2 Å². The van der Waals surface area contributed by atoms with Crippen molar-refractivity contribution in [2.24, 2.45) is 0 Å². The van der Waals surface area contributed by atoms with Crippen LogP contribution < -0.4 is 4.74 Å².